The Morgan fingerprint density at radius 2 is 1.14 bits per heavy atom. The number of imidazole rings is 2. The molecule has 1 aliphatic rings. The molecule has 0 spiro atoms. The number of H-pyrrole nitrogens is 2. The zero-order valence-corrected chi connectivity index (χ0v) is 37.9. The lowest BCUT2D eigenvalue weighted by Crippen LogP contribution is -2.34. The smallest absolute Gasteiger partial charge is 0.263 e. The third kappa shape index (κ3) is 8.27. The van der Waals surface area contributed by atoms with Crippen LogP contribution >= 0.6 is 27.0 Å². The zero-order chi connectivity index (χ0) is 42.2. The van der Waals surface area contributed by atoms with E-state index in [1.165, 1.54) is 19.1 Å². The number of para-hydroxylation sites is 1. The lowest BCUT2D eigenvalue weighted by molar-refractivity contribution is 0.297. The van der Waals surface area contributed by atoms with Crippen LogP contribution in [-0.4, -0.2) is 49.0 Å². The second-order valence-corrected chi connectivity index (χ2v) is 15.8. The van der Waals surface area contributed by atoms with Gasteiger partial charge in [0, 0.05) is 17.4 Å². The number of nitrogens with zero attached hydrogens (tertiary/aromatic N) is 8. The van der Waals surface area contributed by atoms with E-state index < -0.39 is 0 Å². The van der Waals surface area contributed by atoms with Crippen molar-refractivity contribution in [2.45, 2.75) is 84.8 Å². The highest BCUT2D eigenvalue weighted by atomic mass is 32.1. The molecule has 6 aromatic heterocycles. The van der Waals surface area contributed by atoms with Crippen molar-refractivity contribution >= 4 is 82.5 Å². The van der Waals surface area contributed by atoms with Crippen molar-refractivity contribution in [3.63, 3.8) is 0 Å². The fourth-order valence-corrected chi connectivity index (χ4v) is 8.58. The second-order valence-electron chi connectivity index (χ2n) is 15.8. The fourth-order valence-electron chi connectivity index (χ4n) is 8.58. The van der Waals surface area contributed by atoms with Gasteiger partial charge in [0.1, 0.15) is 23.7 Å². The molecule has 3 aromatic carbocycles. The predicted octanol–water partition coefficient (Wildman–Crippen LogP) is 9.33. The summed E-state index contributed by atoms with van der Waals surface area (Å²) in [6, 6.07) is 24.4. The first kappa shape index (κ1) is 44.5. The van der Waals surface area contributed by atoms with Gasteiger partial charge >= 0.3 is 0 Å². The van der Waals surface area contributed by atoms with Crippen molar-refractivity contribution in [3.05, 3.63) is 147 Å². The number of hydrogen-bond donors (Lipinski definition) is 4. The Morgan fingerprint density at radius 1 is 0.635 bits per heavy atom. The first-order chi connectivity index (χ1) is 29.7. The van der Waals surface area contributed by atoms with Gasteiger partial charge in [-0.25, -0.2) is 29.9 Å². The molecule has 1 aliphatic carbocycles. The quantitative estimate of drug-likeness (QED) is 0.104. The largest absolute Gasteiger partial charge is 0.360 e. The summed E-state index contributed by atoms with van der Waals surface area (Å²) in [4.78, 5) is 59.3. The maximum absolute atomic E-state index is 13.9. The number of hydrogen-bond acceptors (Lipinski definition) is 10. The van der Waals surface area contributed by atoms with E-state index in [1.807, 2.05) is 90.6 Å². The van der Waals surface area contributed by atoms with Crippen LogP contribution in [-0.2, 0) is 0 Å². The predicted molar refractivity (Wildman–Crippen MR) is 262 cm³/mol. The summed E-state index contributed by atoms with van der Waals surface area (Å²) in [5.41, 5.74) is 8.68. The maximum Gasteiger partial charge on any atom is 0.263 e. The molecule has 2 atom stereocenters. The van der Waals surface area contributed by atoms with E-state index in [0.29, 0.717) is 22.9 Å². The Morgan fingerprint density at radius 3 is 1.67 bits per heavy atom. The number of aromatic nitrogens is 10. The summed E-state index contributed by atoms with van der Waals surface area (Å²) in [5, 5.41) is 10.6. The summed E-state index contributed by atoms with van der Waals surface area (Å²) >= 11 is 0. The summed E-state index contributed by atoms with van der Waals surface area (Å²) in [7, 11) is 0. The summed E-state index contributed by atoms with van der Waals surface area (Å²) in [6.45, 7) is 10.2. The molecule has 324 valence electrons. The fraction of sp³-hybridized carbons (Fsp3) is 0.277. The topological polar surface area (TPSA) is 177 Å². The zero-order valence-electron chi connectivity index (χ0n) is 35.9. The molecule has 0 radical (unpaired) electrons. The van der Waals surface area contributed by atoms with E-state index in [-0.39, 0.29) is 56.2 Å². The molecule has 4 N–H and O–H groups in total. The highest BCUT2D eigenvalue weighted by molar-refractivity contribution is 7.59. The number of pyridine rings is 2. The van der Waals surface area contributed by atoms with Gasteiger partial charge in [0.2, 0.25) is 0 Å². The Kier molecular flexibility index (Phi) is 13.3. The number of benzene rings is 3. The number of anilines is 2. The number of aromatic amines is 2. The molecule has 10 rings (SSSR count). The molecule has 0 amide bonds. The lowest BCUT2D eigenvalue weighted by atomic mass is 9.91. The van der Waals surface area contributed by atoms with Crippen molar-refractivity contribution in [2.75, 3.05) is 10.6 Å². The van der Waals surface area contributed by atoms with Gasteiger partial charge in [-0.2, -0.15) is 27.0 Å². The first-order valence-corrected chi connectivity index (χ1v) is 20.9. The van der Waals surface area contributed by atoms with Gasteiger partial charge in [0.05, 0.1) is 41.2 Å². The minimum Gasteiger partial charge on any atom is -0.360 e. The minimum absolute atomic E-state index is 0. The minimum atomic E-state index is -0.159. The highest BCUT2D eigenvalue weighted by Crippen LogP contribution is 2.36. The normalized spacial score (nSPS) is 13.4. The molecule has 6 heterocycles. The molecular weight excluding hydrogens is 829 g/mol. The van der Waals surface area contributed by atoms with Crippen LogP contribution in [0, 0.1) is 20.8 Å². The van der Waals surface area contributed by atoms with Crippen molar-refractivity contribution in [2.24, 2.45) is 0 Å². The Bertz CT molecular complexity index is 3190. The van der Waals surface area contributed by atoms with Gasteiger partial charge < -0.3 is 25.2 Å². The van der Waals surface area contributed by atoms with Gasteiger partial charge in [-0.1, -0.05) is 68.4 Å². The summed E-state index contributed by atoms with van der Waals surface area (Å²) < 4.78 is 3.88. The average Bonchev–Trinajstić information content (AvgIpc) is 3.94. The summed E-state index contributed by atoms with van der Waals surface area (Å²) in [5.74, 6) is 1.36. The van der Waals surface area contributed by atoms with Crippen molar-refractivity contribution in [1.29, 1.82) is 0 Å². The Labute approximate surface area is 378 Å². The molecule has 0 saturated heterocycles. The summed E-state index contributed by atoms with van der Waals surface area (Å²) in [6.07, 6.45) is 11.1. The molecule has 63 heavy (non-hydrogen) atoms. The van der Waals surface area contributed by atoms with E-state index in [0.717, 1.165) is 92.0 Å². The monoisotopic (exact) mass is 880 g/mol. The van der Waals surface area contributed by atoms with Crippen molar-refractivity contribution < 1.29 is 0 Å². The maximum atomic E-state index is 13.9. The number of fused-ring (bicyclic) bond motifs is 4. The van der Waals surface area contributed by atoms with Crippen LogP contribution in [0.5, 0.6) is 0 Å². The SMILES string of the molecule is CC[C@H](Nc1ncnc2nc[nH]c12)c1cc2cccc(C)c2c(=O)n1-c1ccccc1C.CC[C@H](Nc1ncnc2nc[nH]c12)c1cc2cccc(C)c2c(=O)n1C1CCC1.S.S. The number of rotatable bonds is 10. The first-order valence-electron chi connectivity index (χ1n) is 20.9. The Balaban J connectivity index is 0.000000184. The number of aryl methyl sites for hydroxylation is 3. The standard InChI is InChI=1S/C25H24N6O.C22H24N6O.2H2S/c1-4-18(30-24-22-23(27-13-26-22)28-14-29-24)20-12-17-10-7-9-16(3)21(17)25(32)31(20)19-11-6-5-8-15(19)2;1-3-16(27-21-19-20(24-11-23-19)25-12-26-21)17-10-14-7-4-6-13(2)18(14)22(29)28(17)15-8-5-9-15;;/h5-14,18H,4H2,1-3H3,(H2,26,27,28,29,30);4,6-7,10-12,15-16H,3,5,8-9H2,1-2H3,(H2,23,24,25,26,27);2*1H2/t18-;16-;;/m00../s1. The highest BCUT2D eigenvalue weighted by Gasteiger charge is 2.28. The molecule has 14 nitrogen and oxygen atoms in total. The van der Waals surface area contributed by atoms with Gasteiger partial charge in [0.15, 0.2) is 22.9 Å². The molecule has 9 aromatic rings. The van der Waals surface area contributed by atoms with Gasteiger partial charge in [0.25, 0.3) is 11.1 Å². The second kappa shape index (κ2) is 18.8. The third-order valence-electron chi connectivity index (χ3n) is 12.0. The van der Waals surface area contributed by atoms with Crippen molar-refractivity contribution in [1.82, 2.24) is 49.0 Å². The van der Waals surface area contributed by atoms with Crippen LogP contribution in [0.25, 0.3) is 49.6 Å². The molecule has 0 unspecified atom stereocenters. The Hall–Kier alpha value is -6.52. The molecule has 0 aliphatic heterocycles. The molecule has 0 bridgehead atoms. The van der Waals surface area contributed by atoms with Crippen LogP contribution in [0.1, 0.15) is 92.2 Å². The number of nitrogens with one attached hydrogen (secondary N) is 4. The van der Waals surface area contributed by atoms with Gasteiger partial charge in [-0.15, -0.1) is 0 Å². The van der Waals surface area contributed by atoms with Gasteiger partial charge in [-0.05, 0) is 98.5 Å². The van der Waals surface area contributed by atoms with Crippen LogP contribution in [0.4, 0.5) is 11.6 Å². The van der Waals surface area contributed by atoms with E-state index in [9.17, 15) is 9.59 Å². The van der Waals surface area contributed by atoms with E-state index in [4.69, 9.17) is 0 Å². The lowest BCUT2D eigenvalue weighted by Gasteiger charge is -2.33. The van der Waals surface area contributed by atoms with Crippen LogP contribution in [0.3, 0.4) is 0 Å². The van der Waals surface area contributed by atoms with Crippen LogP contribution < -0.4 is 21.8 Å². The van der Waals surface area contributed by atoms with Crippen LogP contribution in [0.2, 0.25) is 0 Å². The van der Waals surface area contributed by atoms with Crippen LogP contribution in [0.15, 0.2) is 108 Å². The third-order valence-corrected chi connectivity index (χ3v) is 12.0. The van der Waals surface area contributed by atoms with Gasteiger partial charge in [-0.3, -0.25) is 14.2 Å². The van der Waals surface area contributed by atoms with Crippen molar-refractivity contribution in [3.8, 4) is 5.69 Å². The molecule has 1 fully saturated rings. The molecular formula is C47H52N12O2S2. The van der Waals surface area contributed by atoms with E-state index in [2.05, 4.69) is 76.5 Å². The van der Waals surface area contributed by atoms with E-state index in [1.54, 1.807) is 12.7 Å². The molecule has 16 heteroatoms. The average molecular weight is 881 g/mol. The van der Waals surface area contributed by atoms with E-state index >= 15 is 0 Å². The molecule has 1 saturated carbocycles.